The third-order valence-electron chi connectivity index (χ3n) is 18.6. The number of unbranched alkanes of at least 4 members (excludes halogenated alkanes) is 43. The third kappa shape index (κ3) is 74.1. The van der Waals surface area contributed by atoms with Gasteiger partial charge in [-0.05, 0) is 49.4 Å². The van der Waals surface area contributed by atoms with Gasteiger partial charge in [-0.15, -0.1) is 0 Å². The molecule has 0 aromatic heterocycles. The van der Waals surface area contributed by atoms with E-state index in [0.29, 0.717) is 25.7 Å². The van der Waals surface area contributed by atoms with Crippen LogP contribution in [-0.4, -0.2) is 96.7 Å². The number of aliphatic hydroxyl groups is 1. The summed E-state index contributed by atoms with van der Waals surface area (Å²) in [5.74, 6) is 0.942. The average molecular weight is 1450 g/mol. The van der Waals surface area contributed by atoms with Gasteiger partial charge in [0.2, 0.25) is 0 Å². The van der Waals surface area contributed by atoms with Crippen molar-refractivity contribution in [2.24, 2.45) is 23.7 Å². The smallest absolute Gasteiger partial charge is 0.462 e. The maximum Gasteiger partial charge on any atom is 0.472 e. The van der Waals surface area contributed by atoms with Gasteiger partial charge in [0.1, 0.15) is 19.3 Å². The van der Waals surface area contributed by atoms with Crippen molar-refractivity contribution < 1.29 is 80.2 Å². The van der Waals surface area contributed by atoms with Gasteiger partial charge in [-0.2, -0.15) is 0 Å². The molecule has 0 saturated heterocycles. The highest BCUT2D eigenvalue weighted by molar-refractivity contribution is 7.47. The van der Waals surface area contributed by atoms with Gasteiger partial charge < -0.3 is 33.8 Å². The van der Waals surface area contributed by atoms with E-state index in [1.54, 1.807) is 0 Å². The van der Waals surface area contributed by atoms with Crippen LogP contribution in [0.4, 0.5) is 0 Å². The second-order valence-electron chi connectivity index (χ2n) is 30.7. The van der Waals surface area contributed by atoms with Gasteiger partial charge in [0.05, 0.1) is 26.4 Å². The van der Waals surface area contributed by atoms with Crippen molar-refractivity contribution in [3.05, 3.63) is 0 Å². The summed E-state index contributed by atoms with van der Waals surface area (Å²) in [5.41, 5.74) is 0. The molecule has 0 aromatic carbocycles. The van der Waals surface area contributed by atoms with Crippen LogP contribution in [-0.2, 0) is 65.4 Å². The molecule has 0 aromatic rings. The fourth-order valence-corrected chi connectivity index (χ4v) is 13.8. The van der Waals surface area contributed by atoms with E-state index in [1.165, 1.54) is 212 Å². The largest absolute Gasteiger partial charge is 0.472 e. The number of phosphoric acid groups is 2. The second kappa shape index (κ2) is 69.1. The SMILES string of the molecule is CC(C)CCCCCCCCCCCCCCCCCCC(=O)OC[C@H](COP(=O)(O)OCC(O)COP(=O)(O)OC[C@@H](COC(=O)CCCCCCCCCCC(C)C)OC(=O)CCCCCCCCCCC(C)C)OC(=O)CCCCCCCCCCCCCCCCCC(C)C. The summed E-state index contributed by atoms with van der Waals surface area (Å²) >= 11 is 0. The summed E-state index contributed by atoms with van der Waals surface area (Å²) in [6.07, 6.45) is 55.7. The topological polar surface area (TPSA) is 237 Å². The first kappa shape index (κ1) is 97.1. The van der Waals surface area contributed by atoms with E-state index >= 15 is 0 Å². The number of aliphatic hydroxyl groups excluding tert-OH is 1. The minimum Gasteiger partial charge on any atom is -0.462 e. The van der Waals surface area contributed by atoms with Crippen molar-refractivity contribution in [1.29, 1.82) is 0 Å². The molecule has 0 heterocycles. The van der Waals surface area contributed by atoms with Gasteiger partial charge in [0.25, 0.3) is 0 Å². The quantitative estimate of drug-likeness (QED) is 0.0222. The van der Waals surface area contributed by atoms with E-state index in [1.807, 2.05) is 0 Å². The lowest BCUT2D eigenvalue weighted by atomic mass is 10.0. The van der Waals surface area contributed by atoms with Crippen LogP contribution in [0.1, 0.15) is 409 Å². The highest BCUT2D eigenvalue weighted by atomic mass is 31.2. The molecule has 5 atom stereocenters. The van der Waals surface area contributed by atoms with E-state index in [9.17, 15) is 43.2 Å². The summed E-state index contributed by atoms with van der Waals surface area (Å²) in [6, 6.07) is 0. The summed E-state index contributed by atoms with van der Waals surface area (Å²) in [5, 5.41) is 10.6. The van der Waals surface area contributed by atoms with Crippen LogP contribution < -0.4 is 0 Å². The van der Waals surface area contributed by atoms with Crippen LogP contribution in [0.5, 0.6) is 0 Å². The van der Waals surface area contributed by atoms with Gasteiger partial charge in [-0.3, -0.25) is 37.3 Å². The molecule has 3 N–H and O–H groups in total. The van der Waals surface area contributed by atoms with Crippen molar-refractivity contribution in [3.63, 3.8) is 0 Å². The molecule has 19 heteroatoms. The number of ether oxygens (including phenoxy) is 4. The van der Waals surface area contributed by atoms with Crippen molar-refractivity contribution in [2.75, 3.05) is 39.6 Å². The lowest BCUT2D eigenvalue weighted by Crippen LogP contribution is -2.30. The zero-order valence-electron chi connectivity index (χ0n) is 65.1. The molecule has 588 valence electrons. The monoisotopic (exact) mass is 1450 g/mol. The number of phosphoric ester groups is 2. The van der Waals surface area contributed by atoms with Crippen molar-refractivity contribution in [1.82, 2.24) is 0 Å². The predicted molar refractivity (Wildman–Crippen MR) is 404 cm³/mol. The molecule has 0 aliphatic heterocycles. The van der Waals surface area contributed by atoms with Crippen LogP contribution in [0, 0.1) is 23.7 Å². The number of carbonyl (C=O) groups is 4. The Morgan fingerprint density at radius 3 is 0.626 bits per heavy atom. The normalized spacial score (nSPS) is 14.1. The molecule has 0 aliphatic carbocycles. The summed E-state index contributed by atoms with van der Waals surface area (Å²) < 4.78 is 68.6. The third-order valence-corrected chi connectivity index (χ3v) is 20.5. The van der Waals surface area contributed by atoms with Gasteiger partial charge in [-0.1, -0.05) is 357 Å². The Labute approximate surface area is 607 Å². The Hall–Kier alpha value is -1.94. The Kier molecular flexibility index (Phi) is 67.8. The molecule has 0 rings (SSSR count). The maximum absolute atomic E-state index is 13.1. The molecule has 0 amide bonds. The first-order chi connectivity index (χ1) is 47.6. The van der Waals surface area contributed by atoms with Crippen LogP contribution in [0.3, 0.4) is 0 Å². The van der Waals surface area contributed by atoms with Crippen molar-refractivity contribution >= 4 is 39.5 Å². The average Bonchev–Trinajstić information content (AvgIpc) is 0.957. The Morgan fingerprint density at radius 1 is 0.253 bits per heavy atom. The van der Waals surface area contributed by atoms with Crippen LogP contribution >= 0.6 is 15.6 Å². The Bertz CT molecular complexity index is 1940. The Balaban J connectivity index is 5.23. The van der Waals surface area contributed by atoms with Crippen LogP contribution in [0.25, 0.3) is 0 Å². The number of esters is 4. The van der Waals surface area contributed by atoms with Gasteiger partial charge in [-0.25, -0.2) is 9.13 Å². The second-order valence-corrected chi connectivity index (χ2v) is 33.6. The lowest BCUT2D eigenvalue weighted by molar-refractivity contribution is -0.161. The van der Waals surface area contributed by atoms with Crippen molar-refractivity contribution in [2.45, 2.75) is 427 Å². The van der Waals surface area contributed by atoms with E-state index in [4.69, 9.17) is 37.0 Å². The fraction of sp³-hybridized carbons (Fsp3) is 0.950. The highest BCUT2D eigenvalue weighted by Gasteiger charge is 2.30. The lowest BCUT2D eigenvalue weighted by Gasteiger charge is -2.21. The minimum absolute atomic E-state index is 0.104. The van der Waals surface area contributed by atoms with Crippen molar-refractivity contribution in [3.8, 4) is 0 Å². The molecule has 17 nitrogen and oxygen atoms in total. The molecular formula is C80H156O17P2. The zero-order chi connectivity index (χ0) is 73.1. The van der Waals surface area contributed by atoms with Crippen LogP contribution in [0.2, 0.25) is 0 Å². The number of rotatable bonds is 77. The van der Waals surface area contributed by atoms with Gasteiger partial charge in [0, 0.05) is 25.7 Å². The van der Waals surface area contributed by atoms with Gasteiger partial charge >= 0.3 is 39.5 Å². The number of hydrogen-bond donors (Lipinski definition) is 3. The number of hydrogen-bond acceptors (Lipinski definition) is 15. The molecule has 3 unspecified atom stereocenters. The van der Waals surface area contributed by atoms with E-state index < -0.39 is 97.5 Å². The molecule has 0 aliphatic rings. The molecule has 99 heavy (non-hydrogen) atoms. The number of carbonyl (C=O) groups excluding carboxylic acids is 4. The standard InChI is InChI=1S/C80H156O17P2/c1-70(2)56-48-40-32-24-20-16-12-9-10-14-18-22-26-36-44-52-60-77(82)90-66-75(96-79(84)62-54-46-38-27-23-19-15-11-13-17-21-25-33-41-49-57-71(3)4)68-94-98(86,87)92-64-74(81)65-93-99(88,89)95-69-76(97-80(85)63-55-47-39-31-29-35-43-51-59-73(7)8)67-91-78(83)61-53-45-37-30-28-34-42-50-58-72(5)6/h70-76,81H,9-69H2,1-8H3,(H,86,87)(H,88,89)/t74?,75-,76-/m1/s1. The molecule has 0 fully saturated rings. The van der Waals surface area contributed by atoms with Gasteiger partial charge in [0.15, 0.2) is 12.2 Å². The summed E-state index contributed by atoms with van der Waals surface area (Å²) in [6.45, 7) is 14.2. The highest BCUT2D eigenvalue weighted by Crippen LogP contribution is 2.45. The Morgan fingerprint density at radius 2 is 0.424 bits per heavy atom. The first-order valence-electron chi connectivity index (χ1n) is 41.2. The van der Waals surface area contributed by atoms with E-state index in [2.05, 4.69) is 55.4 Å². The van der Waals surface area contributed by atoms with E-state index in [0.717, 1.165) is 114 Å². The summed E-state index contributed by atoms with van der Waals surface area (Å²) in [7, 11) is -9.92. The zero-order valence-corrected chi connectivity index (χ0v) is 66.9. The predicted octanol–water partition coefficient (Wildman–Crippen LogP) is 23.6. The maximum atomic E-state index is 13.1. The molecule has 0 bridgehead atoms. The van der Waals surface area contributed by atoms with E-state index in [-0.39, 0.29) is 25.7 Å². The fourth-order valence-electron chi connectivity index (χ4n) is 12.3. The molecule has 0 radical (unpaired) electrons. The molecule has 0 spiro atoms. The minimum atomic E-state index is -4.96. The molecule has 0 saturated carbocycles. The molecular weight excluding hydrogens is 1290 g/mol. The first-order valence-corrected chi connectivity index (χ1v) is 44.2. The summed E-state index contributed by atoms with van der Waals surface area (Å²) in [4.78, 5) is 72.9. The van der Waals surface area contributed by atoms with Crippen LogP contribution in [0.15, 0.2) is 0 Å².